The number of hydrogen-bond donors (Lipinski definition) is 0. The zero-order valence-electron chi connectivity index (χ0n) is 22.1. The number of benzene rings is 7. The van der Waals surface area contributed by atoms with Crippen LogP contribution < -0.4 is 0 Å². The van der Waals surface area contributed by atoms with Crippen molar-refractivity contribution in [1.29, 1.82) is 0 Å². The van der Waals surface area contributed by atoms with Gasteiger partial charge in [0.25, 0.3) is 0 Å². The quantitative estimate of drug-likeness (QED) is 0.212. The predicted octanol–water partition coefficient (Wildman–Crippen LogP) is 9.85. The summed E-state index contributed by atoms with van der Waals surface area (Å²) in [4.78, 5) is 10.6. The molecule has 0 N–H and O–H groups in total. The molecule has 9 rings (SSSR count). The van der Waals surface area contributed by atoms with Crippen LogP contribution in [0.2, 0.25) is 0 Å². The zero-order chi connectivity index (χ0) is 26.9. The molecule has 190 valence electrons. The maximum absolute atomic E-state index is 5.36. The van der Waals surface area contributed by atoms with Gasteiger partial charge >= 0.3 is 0 Å². The molecule has 2 aromatic heterocycles. The molecule has 0 atom stereocenters. The van der Waals surface area contributed by atoms with Gasteiger partial charge in [0.15, 0.2) is 5.82 Å². The molecule has 2 heterocycles. The van der Waals surface area contributed by atoms with E-state index in [0.29, 0.717) is 0 Å². The molecule has 9 aromatic rings. The molecule has 0 saturated heterocycles. The Morgan fingerprint density at radius 2 is 1.00 bits per heavy atom. The Kier molecular flexibility index (Phi) is 4.61. The van der Waals surface area contributed by atoms with E-state index in [9.17, 15) is 0 Å². The van der Waals surface area contributed by atoms with Crippen LogP contribution in [-0.4, -0.2) is 14.5 Å². The lowest BCUT2D eigenvalue weighted by atomic mass is 9.95. The normalized spacial score (nSPS) is 11.9. The summed E-state index contributed by atoms with van der Waals surface area (Å²) in [7, 11) is 0. The van der Waals surface area contributed by atoms with Gasteiger partial charge in [-0.25, -0.2) is 9.97 Å². The highest BCUT2D eigenvalue weighted by Crippen LogP contribution is 2.45. The summed E-state index contributed by atoms with van der Waals surface area (Å²) in [6.45, 7) is 0. The first-order valence-electron chi connectivity index (χ1n) is 13.9. The van der Waals surface area contributed by atoms with E-state index >= 15 is 0 Å². The first-order valence-corrected chi connectivity index (χ1v) is 13.9. The van der Waals surface area contributed by atoms with Gasteiger partial charge in [0.2, 0.25) is 0 Å². The van der Waals surface area contributed by atoms with Gasteiger partial charge in [-0.15, -0.1) is 0 Å². The second kappa shape index (κ2) is 8.48. The Balaban J connectivity index is 1.60. The summed E-state index contributed by atoms with van der Waals surface area (Å²) in [6, 6.07) is 49.3. The van der Waals surface area contributed by atoms with Crippen molar-refractivity contribution < 1.29 is 0 Å². The molecule has 0 aliphatic heterocycles. The number of para-hydroxylation sites is 2. The monoisotopic (exact) mass is 521 g/mol. The molecule has 41 heavy (non-hydrogen) atoms. The molecule has 0 aliphatic rings. The van der Waals surface area contributed by atoms with Crippen LogP contribution in [0.5, 0.6) is 0 Å². The first-order chi connectivity index (χ1) is 20.4. The van der Waals surface area contributed by atoms with Crippen molar-refractivity contribution in [1.82, 2.24) is 14.5 Å². The molecule has 0 radical (unpaired) electrons. The van der Waals surface area contributed by atoms with E-state index in [0.717, 1.165) is 39.1 Å². The minimum absolute atomic E-state index is 0.839. The molecule has 0 spiro atoms. The molecule has 0 unspecified atom stereocenters. The van der Waals surface area contributed by atoms with Crippen molar-refractivity contribution >= 4 is 65.2 Å². The summed E-state index contributed by atoms with van der Waals surface area (Å²) in [6.07, 6.45) is 0. The van der Waals surface area contributed by atoms with Crippen molar-refractivity contribution in [3.8, 4) is 17.1 Å². The van der Waals surface area contributed by atoms with Crippen LogP contribution in [-0.2, 0) is 0 Å². The summed E-state index contributed by atoms with van der Waals surface area (Å²) >= 11 is 0. The SMILES string of the molecule is c1ccc(-c2nc3ccccc3nc2-n2c3ccc4ccccc4c3c3c4ccccc4c4ccccc4c32)cc1. The fourth-order valence-corrected chi connectivity index (χ4v) is 6.59. The average Bonchev–Trinajstić information content (AvgIpc) is 3.41. The summed E-state index contributed by atoms with van der Waals surface area (Å²) in [5.74, 6) is 0.839. The Morgan fingerprint density at radius 3 is 1.78 bits per heavy atom. The number of aromatic nitrogens is 3. The van der Waals surface area contributed by atoms with Gasteiger partial charge in [0.05, 0.1) is 22.1 Å². The maximum Gasteiger partial charge on any atom is 0.165 e. The number of nitrogens with zero attached hydrogens (tertiary/aromatic N) is 3. The highest BCUT2D eigenvalue weighted by Gasteiger charge is 2.23. The molecule has 3 heteroatoms. The van der Waals surface area contributed by atoms with E-state index in [1.54, 1.807) is 0 Å². The molecular weight excluding hydrogens is 498 g/mol. The largest absolute Gasteiger partial charge is 0.291 e. The molecule has 0 bridgehead atoms. The van der Waals surface area contributed by atoms with Gasteiger partial charge in [-0.05, 0) is 45.1 Å². The van der Waals surface area contributed by atoms with Crippen LogP contribution in [0.4, 0.5) is 0 Å². The molecule has 3 nitrogen and oxygen atoms in total. The van der Waals surface area contributed by atoms with Gasteiger partial charge in [-0.2, -0.15) is 0 Å². The second-order valence-corrected chi connectivity index (χ2v) is 10.6. The second-order valence-electron chi connectivity index (χ2n) is 10.6. The molecular formula is C38H23N3. The maximum atomic E-state index is 5.36. The highest BCUT2D eigenvalue weighted by atomic mass is 15.1. The number of fused-ring (bicyclic) bond motifs is 11. The van der Waals surface area contributed by atoms with E-state index in [4.69, 9.17) is 9.97 Å². The van der Waals surface area contributed by atoms with Gasteiger partial charge in [0.1, 0.15) is 5.69 Å². The smallest absolute Gasteiger partial charge is 0.165 e. The Bertz CT molecular complexity index is 2470. The molecule has 7 aromatic carbocycles. The van der Waals surface area contributed by atoms with Gasteiger partial charge in [-0.3, -0.25) is 4.57 Å². The van der Waals surface area contributed by atoms with Gasteiger partial charge in [-0.1, -0.05) is 121 Å². The summed E-state index contributed by atoms with van der Waals surface area (Å²) in [5.41, 5.74) is 5.96. The van der Waals surface area contributed by atoms with E-state index in [1.807, 2.05) is 24.3 Å². The number of rotatable bonds is 2. The standard InChI is InChI=1S/C38H23N3/c1-2-13-25(14-3-1)36-38(40-32-21-11-10-20-31(32)39-36)41-33-23-22-24-12-4-5-15-26(24)34(33)35-29-18-8-6-16-27(29)28-17-7-9-19-30(28)37(35)41/h1-23H. The van der Waals surface area contributed by atoms with Crippen LogP contribution in [0.3, 0.4) is 0 Å². The molecule has 0 aliphatic carbocycles. The van der Waals surface area contributed by atoms with Crippen molar-refractivity contribution in [2.24, 2.45) is 0 Å². The minimum atomic E-state index is 0.839. The molecule has 0 saturated carbocycles. The Hall–Kier alpha value is -5.54. The summed E-state index contributed by atoms with van der Waals surface area (Å²) < 4.78 is 2.37. The lowest BCUT2D eigenvalue weighted by Gasteiger charge is -2.15. The van der Waals surface area contributed by atoms with Gasteiger partial charge < -0.3 is 0 Å². The van der Waals surface area contributed by atoms with Crippen LogP contribution in [0.25, 0.3) is 82.2 Å². The van der Waals surface area contributed by atoms with E-state index in [1.165, 1.54) is 43.1 Å². The molecule has 0 fully saturated rings. The van der Waals surface area contributed by atoms with Crippen LogP contribution in [0.1, 0.15) is 0 Å². The average molecular weight is 522 g/mol. The van der Waals surface area contributed by atoms with Crippen molar-refractivity contribution in [3.05, 3.63) is 140 Å². The third-order valence-corrected chi connectivity index (χ3v) is 8.34. The van der Waals surface area contributed by atoms with Crippen LogP contribution >= 0.6 is 0 Å². The Morgan fingerprint density at radius 1 is 0.415 bits per heavy atom. The van der Waals surface area contributed by atoms with Gasteiger partial charge in [0, 0.05) is 21.7 Å². The van der Waals surface area contributed by atoms with E-state index in [2.05, 4.69) is 120 Å². The van der Waals surface area contributed by atoms with E-state index < -0.39 is 0 Å². The third kappa shape index (κ3) is 3.14. The minimum Gasteiger partial charge on any atom is -0.291 e. The highest BCUT2D eigenvalue weighted by molar-refractivity contribution is 6.35. The fourth-order valence-electron chi connectivity index (χ4n) is 6.59. The molecule has 0 amide bonds. The first kappa shape index (κ1) is 22.3. The van der Waals surface area contributed by atoms with E-state index in [-0.39, 0.29) is 0 Å². The topological polar surface area (TPSA) is 30.7 Å². The third-order valence-electron chi connectivity index (χ3n) is 8.34. The van der Waals surface area contributed by atoms with Crippen LogP contribution in [0, 0.1) is 0 Å². The predicted molar refractivity (Wildman–Crippen MR) is 172 cm³/mol. The zero-order valence-corrected chi connectivity index (χ0v) is 22.1. The Labute approximate surface area is 235 Å². The lowest BCUT2D eigenvalue weighted by Crippen LogP contribution is -2.04. The summed E-state index contributed by atoms with van der Waals surface area (Å²) in [5, 5.41) is 9.91. The van der Waals surface area contributed by atoms with Crippen molar-refractivity contribution in [3.63, 3.8) is 0 Å². The van der Waals surface area contributed by atoms with Crippen molar-refractivity contribution in [2.45, 2.75) is 0 Å². The lowest BCUT2D eigenvalue weighted by molar-refractivity contribution is 1.08. The van der Waals surface area contributed by atoms with Crippen molar-refractivity contribution in [2.75, 3.05) is 0 Å². The van der Waals surface area contributed by atoms with Crippen LogP contribution in [0.15, 0.2) is 140 Å². The fraction of sp³-hybridized carbons (Fsp3) is 0. The number of hydrogen-bond acceptors (Lipinski definition) is 2.